The van der Waals surface area contributed by atoms with Gasteiger partial charge >= 0.3 is 0 Å². The van der Waals surface area contributed by atoms with E-state index in [4.69, 9.17) is 11.6 Å². The number of pyridine rings is 1. The molecule has 3 rings (SSSR count). The zero-order valence-electron chi connectivity index (χ0n) is 16.2. The first-order valence-corrected chi connectivity index (χ1v) is 10.0. The van der Waals surface area contributed by atoms with Gasteiger partial charge in [-0.05, 0) is 76.0 Å². The molecule has 1 aliphatic heterocycles. The normalized spacial score (nSPS) is 15.6. The van der Waals surface area contributed by atoms with E-state index in [0.717, 1.165) is 44.4 Å². The maximum Gasteiger partial charge on any atom is 0.258 e. The molecular formula is C21H26ClFN4O. The lowest BCUT2D eigenvalue weighted by molar-refractivity contribution is 0.102. The van der Waals surface area contributed by atoms with Crippen molar-refractivity contribution in [1.82, 2.24) is 9.88 Å². The third-order valence-electron chi connectivity index (χ3n) is 5.16. The molecular weight excluding hydrogens is 379 g/mol. The van der Waals surface area contributed by atoms with E-state index in [-0.39, 0.29) is 5.91 Å². The van der Waals surface area contributed by atoms with Crippen molar-refractivity contribution in [3.05, 3.63) is 52.9 Å². The summed E-state index contributed by atoms with van der Waals surface area (Å²) in [6, 6.07) is 8.47. The summed E-state index contributed by atoms with van der Waals surface area (Å²) in [4.78, 5) is 19.1. The second-order valence-electron chi connectivity index (χ2n) is 7.46. The van der Waals surface area contributed by atoms with Crippen molar-refractivity contribution >= 4 is 29.0 Å². The van der Waals surface area contributed by atoms with Gasteiger partial charge in [-0.25, -0.2) is 9.37 Å². The van der Waals surface area contributed by atoms with E-state index in [9.17, 15) is 9.18 Å². The second kappa shape index (κ2) is 9.34. The Morgan fingerprint density at radius 2 is 2.04 bits per heavy atom. The lowest BCUT2D eigenvalue weighted by atomic mass is 9.95. The molecule has 5 nitrogen and oxygen atoms in total. The summed E-state index contributed by atoms with van der Waals surface area (Å²) in [5.41, 5.74) is 1.17. The molecule has 1 aromatic carbocycles. The Kier molecular flexibility index (Phi) is 6.86. The number of likely N-dealkylation sites (tertiary alicyclic amines) is 1. The van der Waals surface area contributed by atoms with Crippen molar-refractivity contribution in [1.29, 1.82) is 0 Å². The van der Waals surface area contributed by atoms with E-state index in [2.05, 4.69) is 34.4 Å². The number of benzene rings is 1. The summed E-state index contributed by atoms with van der Waals surface area (Å²) in [6.45, 7) is 7.48. The van der Waals surface area contributed by atoms with Crippen LogP contribution in [0.4, 0.5) is 15.9 Å². The van der Waals surface area contributed by atoms with Gasteiger partial charge in [0.15, 0.2) is 0 Å². The first-order chi connectivity index (χ1) is 13.4. The van der Waals surface area contributed by atoms with Crippen LogP contribution in [-0.4, -0.2) is 41.5 Å². The predicted octanol–water partition coefficient (Wildman–Crippen LogP) is 4.66. The van der Waals surface area contributed by atoms with E-state index < -0.39 is 5.82 Å². The minimum absolute atomic E-state index is 0.290. The number of carbonyl (C=O) groups excluding carboxylic acids is 1. The molecule has 7 heteroatoms. The van der Waals surface area contributed by atoms with E-state index >= 15 is 0 Å². The van der Waals surface area contributed by atoms with Crippen LogP contribution in [0.25, 0.3) is 0 Å². The average Bonchev–Trinajstić information content (AvgIpc) is 2.69. The summed E-state index contributed by atoms with van der Waals surface area (Å²) < 4.78 is 13.0. The number of hydrogen-bond acceptors (Lipinski definition) is 4. The zero-order chi connectivity index (χ0) is 20.1. The fourth-order valence-corrected chi connectivity index (χ4v) is 3.59. The van der Waals surface area contributed by atoms with Gasteiger partial charge in [0, 0.05) is 23.3 Å². The third kappa shape index (κ3) is 5.42. The van der Waals surface area contributed by atoms with E-state index in [0.29, 0.717) is 28.4 Å². The largest absolute Gasteiger partial charge is 0.384 e. The molecule has 2 N–H and O–H groups in total. The molecule has 2 aromatic rings. The summed E-state index contributed by atoms with van der Waals surface area (Å²) >= 11 is 6.10. The Balaban J connectivity index is 1.64. The highest BCUT2D eigenvalue weighted by Crippen LogP contribution is 2.24. The number of halogens is 2. The van der Waals surface area contributed by atoms with Gasteiger partial charge in [0.2, 0.25) is 0 Å². The van der Waals surface area contributed by atoms with Crippen LogP contribution >= 0.6 is 11.6 Å². The number of anilines is 2. The quantitative estimate of drug-likeness (QED) is 0.735. The summed E-state index contributed by atoms with van der Waals surface area (Å²) in [5, 5.41) is 6.58. The van der Waals surface area contributed by atoms with E-state index in [1.807, 2.05) is 6.07 Å². The van der Waals surface area contributed by atoms with Gasteiger partial charge in [-0.2, -0.15) is 0 Å². The van der Waals surface area contributed by atoms with Crippen LogP contribution in [0.1, 0.15) is 37.0 Å². The molecule has 1 aliphatic rings. The molecule has 2 heterocycles. The van der Waals surface area contributed by atoms with Gasteiger partial charge < -0.3 is 15.5 Å². The molecule has 0 spiro atoms. The van der Waals surface area contributed by atoms with Crippen molar-refractivity contribution in [3.8, 4) is 0 Å². The van der Waals surface area contributed by atoms with Gasteiger partial charge in [0.05, 0.1) is 11.8 Å². The molecule has 28 heavy (non-hydrogen) atoms. The number of carbonyl (C=O) groups is 1. The third-order valence-corrected chi connectivity index (χ3v) is 5.39. The molecule has 0 bridgehead atoms. The smallest absolute Gasteiger partial charge is 0.258 e. The first kappa shape index (κ1) is 20.6. The lowest BCUT2D eigenvalue weighted by Gasteiger charge is -2.34. The Morgan fingerprint density at radius 1 is 1.29 bits per heavy atom. The molecule has 1 amide bonds. The fraction of sp³-hybridized carbons (Fsp3) is 0.429. The van der Waals surface area contributed by atoms with Crippen molar-refractivity contribution in [2.45, 2.75) is 32.7 Å². The van der Waals surface area contributed by atoms with Gasteiger partial charge in [-0.15, -0.1) is 0 Å². The minimum Gasteiger partial charge on any atom is -0.384 e. The van der Waals surface area contributed by atoms with Crippen molar-refractivity contribution in [2.75, 3.05) is 30.3 Å². The van der Waals surface area contributed by atoms with Crippen LogP contribution in [0, 0.1) is 11.7 Å². The number of hydrogen-bond donors (Lipinski definition) is 2. The molecule has 1 fully saturated rings. The molecule has 1 aromatic heterocycles. The molecule has 0 unspecified atom stereocenters. The maximum absolute atomic E-state index is 13.0. The number of rotatable bonds is 6. The maximum atomic E-state index is 13.0. The average molecular weight is 405 g/mol. The molecule has 150 valence electrons. The standard InChI is InChI=1S/C21H26ClFN4O/c1-14(2)27-9-7-15(8-10-27)12-24-19-5-3-16(22)11-18(19)21(28)26-20-6-4-17(23)13-25-20/h3-6,11,13-15,24H,7-10,12H2,1-2H3,(H,25,26,28). The molecule has 0 radical (unpaired) electrons. The number of nitrogens with one attached hydrogen (secondary N) is 2. The highest BCUT2D eigenvalue weighted by atomic mass is 35.5. The van der Waals surface area contributed by atoms with Crippen molar-refractivity contribution in [3.63, 3.8) is 0 Å². The van der Waals surface area contributed by atoms with Crippen molar-refractivity contribution < 1.29 is 9.18 Å². The summed E-state index contributed by atoms with van der Waals surface area (Å²) in [5.74, 6) is 0.0732. The molecule has 0 aliphatic carbocycles. The monoisotopic (exact) mass is 404 g/mol. The molecule has 0 saturated carbocycles. The predicted molar refractivity (Wildman–Crippen MR) is 112 cm³/mol. The summed E-state index contributed by atoms with van der Waals surface area (Å²) in [6.07, 6.45) is 3.34. The van der Waals surface area contributed by atoms with Crippen LogP contribution < -0.4 is 10.6 Å². The van der Waals surface area contributed by atoms with Gasteiger partial charge in [0.25, 0.3) is 5.91 Å². The van der Waals surface area contributed by atoms with Crippen LogP contribution in [0.15, 0.2) is 36.5 Å². The van der Waals surface area contributed by atoms with Gasteiger partial charge in [0.1, 0.15) is 11.6 Å². The molecule has 0 atom stereocenters. The topological polar surface area (TPSA) is 57.3 Å². The molecule has 1 saturated heterocycles. The minimum atomic E-state index is -0.452. The van der Waals surface area contributed by atoms with Crippen molar-refractivity contribution in [2.24, 2.45) is 5.92 Å². The van der Waals surface area contributed by atoms with Crippen LogP contribution in [0.3, 0.4) is 0 Å². The highest BCUT2D eigenvalue weighted by Gasteiger charge is 2.21. The van der Waals surface area contributed by atoms with Crippen LogP contribution in [0.2, 0.25) is 5.02 Å². The Bertz CT molecular complexity index is 805. The number of amides is 1. The Morgan fingerprint density at radius 3 is 2.68 bits per heavy atom. The summed E-state index contributed by atoms with van der Waals surface area (Å²) in [7, 11) is 0. The fourth-order valence-electron chi connectivity index (χ4n) is 3.42. The lowest BCUT2D eigenvalue weighted by Crippen LogP contribution is -2.39. The number of nitrogens with zero attached hydrogens (tertiary/aromatic N) is 2. The first-order valence-electron chi connectivity index (χ1n) is 9.62. The van der Waals surface area contributed by atoms with Crippen LogP contribution in [0.5, 0.6) is 0 Å². The van der Waals surface area contributed by atoms with Gasteiger partial charge in [-0.1, -0.05) is 11.6 Å². The Labute approximate surface area is 170 Å². The number of aromatic nitrogens is 1. The zero-order valence-corrected chi connectivity index (χ0v) is 17.0. The van der Waals surface area contributed by atoms with E-state index in [1.54, 1.807) is 12.1 Å². The number of piperidine rings is 1. The SMILES string of the molecule is CC(C)N1CCC(CNc2ccc(Cl)cc2C(=O)Nc2ccc(F)cn2)CC1. The Hall–Kier alpha value is -2.18. The highest BCUT2D eigenvalue weighted by molar-refractivity contribution is 6.31. The second-order valence-corrected chi connectivity index (χ2v) is 7.90. The van der Waals surface area contributed by atoms with E-state index in [1.165, 1.54) is 12.1 Å². The van der Waals surface area contributed by atoms with Crippen LogP contribution in [-0.2, 0) is 0 Å². The van der Waals surface area contributed by atoms with Gasteiger partial charge in [-0.3, -0.25) is 4.79 Å².